The lowest BCUT2D eigenvalue weighted by molar-refractivity contribution is 0.101. The van der Waals surface area contributed by atoms with Crippen molar-refractivity contribution in [2.45, 2.75) is 70.7 Å². The van der Waals surface area contributed by atoms with E-state index in [9.17, 15) is 8.42 Å². The Morgan fingerprint density at radius 1 is 1.11 bits per heavy atom. The predicted octanol–water partition coefficient (Wildman–Crippen LogP) is 3.53. The molecular weight excluding hydrogens is 248 g/mol. The first-order valence-corrected chi connectivity index (χ1v) is 9.07. The minimum Gasteiger partial charge on any atom is -0.362 e. The summed E-state index contributed by atoms with van der Waals surface area (Å²) in [6.07, 6.45) is 8.78. The van der Waals surface area contributed by atoms with E-state index in [1.54, 1.807) is 0 Å². The third-order valence-electron chi connectivity index (χ3n) is 3.50. The van der Waals surface area contributed by atoms with E-state index in [0.717, 1.165) is 25.2 Å². The second kappa shape index (κ2) is 8.16. The first kappa shape index (κ1) is 16.0. The highest BCUT2D eigenvalue weighted by Crippen LogP contribution is 2.21. The molecule has 0 spiro atoms. The molecule has 0 N–H and O–H groups in total. The van der Waals surface area contributed by atoms with Gasteiger partial charge in [0.25, 0.3) is 0 Å². The lowest BCUT2D eigenvalue weighted by Gasteiger charge is -2.10. The third kappa shape index (κ3) is 6.19. The van der Waals surface area contributed by atoms with Crippen LogP contribution in [-0.4, -0.2) is 26.2 Å². The van der Waals surface area contributed by atoms with Crippen molar-refractivity contribution in [3.8, 4) is 0 Å². The van der Waals surface area contributed by atoms with Gasteiger partial charge in [-0.05, 0) is 25.2 Å². The molecule has 0 amide bonds. The molecule has 1 saturated heterocycles. The number of rotatable bonds is 9. The Morgan fingerprint density at radius 3 is 2.39 bits per heavy atom. The number of ether oxygens (including phenoxy) is 1. The molecule has 1 heterocycles. The molecule has 1 aliphatic rings. The van der Waals surface area contributed by atoms with Crippen LogP contribution in [0.25, 0.3) is 0 Å². The van der Waals surface area contributed by atoms with Crippen LogP contribution >= 0.6 is 0 Å². The van der Waals surface area contributed by atoms with E-state index in [1.165, 1.54) is 25.7 Å². The quantitative estimate of drug-likeness (QED) is 0.605. The van der Waals surface area contributed by atoms with Crippen molar-refractivity contribution in [2.75, 3.05) is 12.4 Å². The summed E-state index contributed by atoms with van der Waals surface area (Å²) in [7, 11) is -2.92. The average Bonchev–Trinajstić information content (AvgIpc) is 2.61. The topological polar surface area (TPSA) is 43.4 Å². The van der Waals surface area contributed by atoms with Crippen molar-refractivity contribution in [2.24, 2.45) is 5.92 Å². The van der Waals surface area contributed by atoms with Crippen molar-refractivity contribution in [3.05, 3.63) is 0 Å². The van der Waals surface area contributed by atoms with Gasteiger partial charge < -0.3 is 4.74 Å². The molecule has 0 aromatic carbocycles. The van der Waals surface area contributed by atoms with Crippen molar-refractivity contribution in [1.82, 2.24) is 0 Å². The van der Waals surface area contributed by atoms with Gasteiger partial charge in [0.15, 0.2) is 15.3 Å². The van der Waals surface area contributed by atoms with Crippen LogP contribution in [0.5, 0.6) is 0 Å². The fourth-order valence-electron chi connectivity index (χ4n) is 2.35. The van der Waals surface area contributed by atoms with Crippen LogP contribution in [0.2, 0.25) is 0 Å². The first-order chi connectivity index (χ1) is 8.52. The zero-order valence-electron chi connectivity index (χ0n) is 11.9. The lowest BCUT2D eigenvalue weighted by Crippen LogP contribution is -2.20. The van der Waals surface area contributed by atoms with Crippen LogP contribution in [0, 0.1) is 5.92 Å². The Bertz CT molecular complexity index is 309. The van der Waals surface area contributed by atoms with Gasteiger partial charge in [0.2, 0.25) is 0 Å². The van der Waals surface area contributed by atoms with Crippen molar-refractivity contribution < 1.29 is 13.2 Å². The minimum absolute atomic E-state index is 0.312. The van der Waals surface area contributed by atoms with E-state index in [4.69, 9.17) is 4.74 Å². The molecular formula is C14H28O3S. The molecule has 0 radical (unpaired) electrons. The maximum absolute atomic E-state index is 11.5. The highest BCUT2D eigenvalue weighted by molar-refractivity contribution is 7.92. The molecule has 108 valence electrons. The van der Waals surface area contributed by atoms with Gasteiger partial charge >= 0.3 is 0 Å². The summed E-state index contributed by atoms with van der Waals surface area (Å²) in [4.78, 5) is 0. The Balaban J connectivity index is 1.93. The third-order valence-corrected chi connectivity index (χ3v) is 5.53. The smallest absolute Gasteiger partial charge is 0.177 e. The summed E-state index contributed by atoms with van der Waals surface area (Å²) in [6, 6.07) is 0. The summed E-state index contributed by atoms with van der Waals surface area (Å²) < 4.78 is 28.5. The monoisotopic (exact) mass is 276 g/mol. The van der Waals surface area contributed by atoms with Gasteiger partial charge in [-0.2, -0.15) is 0 Å². The Hall–Kier alpha value is -0.0900. The summed E-state index contributed by atoms with van der Waals surface area (Å²) in [5.74, 6) is 1.12. The van der Waals surface area contributed by atoms with Crippen molar-refractivity contribution >= 4 is 9.84 Å². The van der Waals surface area contributed by atoms with Crippen LogP contribution in [0.15, 0.2) is 0 Å². The van der Waals surface area contributed by atoms with Crippen LogP contribution in [0.3, 0.4) is 0 Å². The first-order valence-electron chi connectivity index (χ1n) is 7.35. The number of hydrogen-bond donors (Lipinski definition) is 0. The number of unbranched alkanes of at least 4 members (excludes halogenated alkanes) is 4. The largest absolute Gasteiger partial charge is 0.362 e. The molecule has 4 heteroatoms. The maximum Gasteiger partial charge on any atom is 0.177 e. The normalized spacial score (nSPS) is 22.7. The number of sulfone groups is 1. The van der Waals surface area contributed by atoms with Gasteiger partial charge in [-0.1, -0.05) is 46.0 Å². The SMILES string of the molecule is CC(C)CCCCCCCOC1CCCS1(=O)=O. The minimum atomic E-state index is -2.92. The molecule has 1 atom stereocenters. The highest BCUT2D eigenvalue weighted by atomic mass is 32.2. The van der Waals surface area contributed by atoms with Gasteiger partial charge in [-0.25, -0.2) is 8.42 Å². The Morgan fingerprint density at radius 2 is 1.78 bits per heavy atom. The van der Waals surface area contributed by atoms with E-state index in [0.29, 0.717) is 18.8 Å². The van der Waals surface area contributed by atoms with Crippen molar-refractivity contribution in [1.29, 1.82) is 0 Å². The predicted molar refractivity (Wildman–Crippen MR) is 75.3 cm³/mol. The zero-order valence-corrected chi connectivity index (χ0v) is 12.7. The molecule has 1 rings (SSSR count). The molecule has 1 fully saturated rings. The van der Waals surface area contributed by atoms with Crippen LogP contribution in [0.1, 0.15) is 65.2 Å². The van der Waals surface area contributed by atoms with Gasteiger partial charge in [0.1, 0.15) is 0 Å². The van der Waals surface area contributed by atoms with Gasteiger partial charge in [0.05, 0.1) is 5.75 Å². The Labute approximate surface area is 112 Å². The van der Waals surface area contributed by atoms with E-state index >= 15 is 0 Å². The molecule has 0 bridgehead atoms. The summed E-state index contributed by atoms with van der Waals surface area (Å²) >= 11 is 0. The van der Waals surface area contributed by atoms with Gasteiger partial charge in [-0.3, -0.25) is 0 Å². The lowest BCUT2D eigenvalue weighted by atomic mass is 10.0. The maximum atomic E-state index is 11.5. The van der Waals surface area contributed by atoms with Crippen LogP contribution < -0.4 is 0 Å². The van der Waals surface area contributed by atoms with E-state index in [1.807, 2.05) is 0 Å². The highest BCUT2D eigenvalue weighted by Gasteiger charge is 2.31. The molecule has 1 aliphatic heterocycles. The summed E-state index contributed by atoms with van der Waals surface area (Å²) in [5, 5.41) is 0. The fourth-order valence-corrected chi connectivity index (χ4v) is 4.01. The van der Waals surface area contributed by atoms with E-state index < -0.39 is 15.3 Å². The molecule has 0 aliphatic carbocycles. The molecule has 3 nitrogen and oxygen atoms in total. The standard InChI is InChI=1S/C14H28O3S/c1-13(2)9-6-4-3-5-7-11-17-14-10-8-12-18(14,15)16/h13-14H,3-12H2,1-2H3. The van der Waals surface area contributed by atoms with E-state index in [-0.39, 0.29) is 0 Å². The summed E-state index contributed by atoms with van der Waals surface area (Å²) in [5.41, 5.74) is -0.501. The fraction of sp³-hybridized carbons (Fsp3) is 1.00. The number of hydrogen-bond acceptors (Lipinski definition) is 3. The van der Waals surface area contributed by atoms with Gasteiger partial charge in [-0.15, -0.1) is 0 Å². The molecule has 18 heavy (non-hydrogen) atoms. The average molecular weight is 276 g/mol. The second-order valence-electron chi connectivity index (χ2n) is 5.76. The zero-order chi connectivity index (χ0) is 13.4. The van der Waals surface area contributed by atoms with Crippen molar-refractivity contribution in [3.63, 3.8) is 0 Å². The second-order valence-corrected chi connectivity index (χ2v) is 8.02. The summed E-state index contributed by atoms with van der Waals surface area (Å²) in [6.45, 7) is 5.12. The Kier molecular flexibility index (Phi) is 7.23. The molecule has 0 saturated carbocycles. The molecule has 1 unspecified atom stereocenters. The van der Waals surface area contributed by atoms with E-state index in [2.05, 4.69) is 13.8 Å². The van der Waals surface area contributed by atoms with Crippen LogP contribution in [0.4, 0.5) is 0 Å². The van der Waals surface area contributed by atoms with Crippen LogP contribution in [-0.2, 0) is 14.6 Å². The van der Waals surface area contributed by atoms with Gasteiger partial charge in [0, 0.05) is 6.61 Å². The molecule has 0 aromatic heterocycles. The molecule has 0 aromatic rings.